The summed E-state index contributed by atoms with van der Waals surface area (Å²) in [6.45, 7) is 0.607. The van der Waals surface area contributed by atoms with Gasteiger partial charge in [-0.2, -0.15) is 0 Å². The molecular weight excluding hydrogens is 367 g/mol. The van der Waals surface area contributed by atoms with Crippen molar-refractivity contribution in [3.8, 4) is 0 Å². The van der Waals surface area contributed by atoms with E-state index in [4.69, 9.17) is 4.74 Å². The molecule has 0 unspecified atom stereocenters. The van der Waals surface area contributed by atoms with E-state index in [1.54, 1.807) is 24.4 Å². The molecule has 29 heavy (non-hydrogen) atoms. The van der Waals surface area contributed by atoms with E-state index in [1.165, 1.54) is 19.2 Å². The number of benzene rings is 3. The molecule has 0 aliphatic heterocycles. The summed E-state index contributed by atoms with van der Waals surface area (Å²) < 4.78 is 20.0. The van der Waals surface area contributed by atoms with E-state index in [0.717, 1.165) is 22.0 Å². The number of aromatic nitrogens is 1. The first-order chi connectivity index (χ1) is 14.1. The van der Waals surface area contributed by atoms with Gasteiger partial charge in [0.1, 0.15) is 5.82 Å². The molecule has 0 fully saturated rings. The van der Waals surface area contributed by atoms with Crippen LogP contribution in [0.1, 0.15) is 21.5 Å². The van der Waals surface area contributed by atoms with Gasteiger partial charge < -0.3 is 9.30 Å². The topological polar surface area (TPSA) is 43.6 Å². The van der Waals surface area contributed by atoms with Gasteiger partial charge in [0.25, 0.3) is 0 Å². The Morgan fingerprint density at radius 3 is 2.66 bits per heavy atom. The van der Waals surface area contributed by atoms with Crippen molar-refractivity contribution in [3.05, 3.63) is 102 Å². The second-order valence-electron chi connectivity index (χ2n) is 6.66. The van der Waals surface area contributed by atoms with Gasteiger partial charge >= 0.3 is 5.97 Å². The Balaban J connectivity index is 1.67. The minimum Gasteiger partial charge on any atom is -0.465 e. The normalized spacial score (nSPS) is 11.2. The van der Waals surface area contributed by atoms with E-state index in [0.29, 0.717) is 17.8 Å². The lowest BCUT2D eigenvalue weighted by atomic mass is 10.1. The van der Waals surface area contributed by atoms with Crippen LogP contribution in [0.2, 0.25) is 0 Å². The molecular formula is C24H19FN2O2. The average Bonchev–Trinajstić information content (AvgIpc) is 3.10. The highest BCUT2D eigenvalue weighted by atomic mass is 19.1. The molecule has 1 aromatic heterocycles. The maximum Gasteiger partial charge on any atom is 0.337 e. The standard InChI is InChI=1S/C24H19FN2O2/c1-29-24(28)18-6-4-5-17(13-18)15-27-16-19(22-7-2-3-8-23(22)27)14-26-21-11-9-20(25)10-12-21/h2-14,16H,15H2,1H3. The molecule has 144 valence electrons. The highest BCUT2D eigenvalue weighted by Gasteiger charge is 2.09. The van der Waals surface area contributed by atoms with Crippen molar-refractivity contribution in [2.45, 2.75) is 6.54 Å². The molecule has 0 amide bonds. The Morgan fingerprint density at radius 1 is 1.07 bits per heavy atom. The molecule has 3 aromatic carbocycles. The third-order valence-corrected chi connectivity index (χ3v) is 4.70. The van der Waals surface area contributed by atoms with Gasteiger partial charge in [0, 0.05) is 35.4 Å². The molecule has 0 bridgehead atoms. The van der Waals surface area contributed by atoms with E-state index in [1.807, 2.05) is 42.6 Å². The van der Waals surface area contributed by atoms with Crippen LogP contribution in [0.25, 0.3) is 10.9 Å². The molecule has 0 spiro atoms. The van der Waals surface area contributed by atoms with Crippen LogP contribution in [0.3, 0.4) is 0 Å². The van der Waals surface area contributed by atoms with E-state index in [-0.39, 0.29) is 11.8 Å². The van der Waals surface area contributed by atoms with Gasteiger partial charge in [-0.15, -0.1) is 0 Å². The van der Waals surface area contributed by atoms with Crippen molar-refractivity contribution >= 4 is 28.8 Å². The molecule has 1 heterocycles. The predicted octanol–water partition coefficient (Wildman–Crippen LogP) is 5.37. The number of para-hydroxylation sites is 1. The third kappa shape index (κ3) is 4.09. The maximum atomic E-state index is 13.1. The third-order valence-electron chi connectivity index (χ3n) is 4.70. The summed E-state index contributed by atoms with van der Waals surface area (Å²) in [5.41, 5.74) is 4.25. The largest absolute Gasteiger partial charge is 0.465 e. The van der Waals surface area contributed by atoms with Gasteiger partial charge in [0.05, 0.1) is 18.4 Å². The van der Waals surface area contributed by atoms with Gasteiger partial charge in [-0.05, 0) is 48.0 Å². The zero-order valence-corrected chi connectivity index (χ0v) is 15.9. The van der Waals surface area contributed by atoms with E-state index in [2.05, 4.69) is 15.6 Å². The molecule has 4 aromatic rings. The van der Waals surface area contributed by atoms with Crippen LogP contribution in [0.5, 0.6) is 0 Å². The number of rotatable bonds is 5. The summed E-state index contributed by atoms with van der Waals surface area (Å²) in [6, 6.07) is 21.6. The van der Waals surface area contributed by atoms with Crippen LogP contribution in [0.15, 0.2) is 84.0 Å². The van der Waals surface area contributed by atoms with Crippen LogP contribution in [-0.2, 0) is 11.3 Å². The van der Waals surface area contributed by atoms with Gasteiger partial charge in [0.2, 0.25) is 0 Å². The minimum atomic E-state index is -0.351. The quantitative estimate of drug-likeness (QED) is 0.342. The molecule has 0 saturated carbocycles. The predicted molar refractivity (Wildman–Crippen MR) is 112 cm³/mol. The highest BCUT2D eigenvalue weighted by Crippen LogP contribution is 2.22. The van der Waals surface area contributed by atoms with E-state index < -0.39 is 0 Å². The van der Waals surface area contributed by atoms with Crippen molar-refractivity contribution in [2.24, 2.45) is 4.99 Å². The molecule has 0 radical (unpaired) electrons. The number of ether oxygens (including phenoxy) is 1. The maximum absolute atomic E-state index is 13.1. The first-order valence-corrected chi connectivity index (χ1v) is 9.19. The Bertz CT molecular complexity index is 1190. The summed E-state index contributed by atoms with van der Waals surface area (Å²) in [5.74, 6) is -0.633. The summed E-state index contributed by atoms with van der Waals surface area (Å²) in [5, 5.41) is 1.07. The molecule has 0 aliphatic rings. The van der Waals surface area contributed by atoms with Gasteiger partial charge in [-0.25, -0.2) is 9.18 Å². The number of fused-ring (bicyclic) bond motifs is 1. The Hall–Kier alpha value is -3.73. The molecule has 0 aliphatic carbocycles. The molecule has 0 atom stereocenters. The number of methoxy groups -OCH3 is 1. The van der Waals surface area contributed by atoms with Crippen molar-refractivity contribution < 1.29 is 13.9 Å². The molecule has 4 nitrogen and oxygen atoms in total. The number of aliphatic imine (C=N–C) groups is 1. The number of esters is 1. The minimum absolute atomic E-state index is 0.283. The molecule has 0 N–H and O–H groups in total. The number of hydrogen-bond donors (Lipinski definition) is 0. The van der Waals surface area contributed by atoms with Crippen LogP contribution in [0.4, 0.5) is 10.1 Å². The zero-order chi connectivity index (χ0) is 20.2. The fourth-order valence-electron chi connectivity index (χ4n) is 3.29. The van der Waals surface area contributed by atoms with Crippen LogP contribution in [0, 0.1) is 5.82 Å². The van der Waals surface area contributed by atoms with E-state index >= 15 is 0 Å². The van der Waals surface area contributed by atoms with Crippen molar-refractivity contribution in [2.75, 3.05) is 7.11 Å². The monoisotopic (exact) mass is 386 g/mol. The Kier molecular flexibility index (Phi) is 5.20. The fourth-order valence-corrected chi connectivity index (χ4v) is 3.29. The van der Waals surface area contributed by atoms with Crippen LogP contribution >= 0.6 is 0 Å². The first-order valence-electron chi connectivity index (χ1n) is 9.19. The van der Waals surface area contributed by atoms with Crippen LogP contribution in [-0.4, -0.2) is 23.9 Å². The highest BCUT2D eigenvalue weighted by molar-refractivity contribution is 6.00. The smallest absolute Gasteiger partial charge is 0.337 e. The van der Waals surface area contributed by atoms with Gasteiger partial charge in [0.15, 0.2) is 0 Å². The average molecular weight is 386 g/mol. The number of hydrogen-bond acceptors (Lipinski definition) is 3. The fraction of sp³-hybridized carbons (Fsp3) is 0.0833. The number of carbonyl (C=O) groups is 1. The summed E-state index contributed by atoms with van der Waals surface area (Å²) in [7, 11) is 1.38. The second-order valence-corrected chi connectivity index (χ2v) is 6.66. The lowest BCUT2D eigenvalue weighted by Gasteiger charge is -2.07. The Morgan fingerprint density at radius 2 is 1.86 bits per heavy atom. The van der Waals surface area contributed by atoms with E-state index in [9.17, 15) is 9.18 Å². The van der Waals surface area contributed by atoms with Crippen molar-refractivity contribution in [1.29, 1.82) is 0 Å². The Labute approximate surface area is 167 Å². The SMILES string of the molecule is COC(=O)c1cccc(Cn2cc(C=Nc3ccc(F)cc3)c3ccccc32)c1. The van der Waals surface area contributed by atoms with Gasteiger partial charge in [-0.1, -0.05) is 30.3 Å². The lowest BCUT2D eigenvalue weighted by Crippen LogP contribution is -2.03. The number of carbonyl (C=O) groups excluding carboxylic acids is 1. The number of halogens is 1. The van der Waals surface area contributed by atoms with Crippen molar-refractivity contribution in [3.63, 3.8) is 0 Å². The summed E-state index contributed by atoms with van der Waals surface area (Å²) >= 11 is 0. The molecule has 4 rings (SSSR count). The second kappa shape index (κ2) is 8.10. The number of nitrogens with zero attached hydrogens (tertiary/aromatic N) is 2. The summed E-state index contributed by atoms with van der Waals surface area (Å²) in [4.78, 5) is 16.3. The first kappa shape index (κ1) is 18.6. The van der Waals surface area contributed by atoms with Gasteiger partial charge in [-0.3, -0.25) is 4.99 Å². The van der Waals surface area contributed by atoms with Crippen LogP contribution < -0.4 is 0 Å². The molecule has 5 heteroatoms. The molecule has 0 saturated heterocycles. The zero-order valence-electron chi connectivity index (χ0n) is 15.9. The van der Waals surface area contributed by atoms with Crippen molar-refractivity contribution in [1.82, 2.24) is 4.57 Å². The summed E-state index contributed by atoms with van der Waals surface area (Å²) in [6.07, 6.45) is 3.82. The lowest BCUT2D eigenvalue weighted by molar-refractivity contribution is 0.0600.